The van der Waals surface area contributed by atoms with Crippen LogP contribution in [0.3, 0.4) is 0 Å². The van der Waals surface area contributed by atoms with E-state index < -0.39 is 17.2 Å². The maximum Gasteiger partial charge on any atom is 0.158 e. The van der Waals surface area contributed by atoms with E-state index in [0.29, 0.717) is 23.9 Å². The second kappa shape index (κ2) is 7.11. The molecule has 3 N–H and O–H groups in total. The van der Waals surface area contributed by atoms with E-state index in [1.54, 1.807) is 43.3 Å². The molecular weight excluding hydrogens is 412 g/mol. The molecule has 4 aromatic rings. The summed E-state index contributed by atoms with van der Waals surface area (Å²) in [6.45, 7) is 1.72. The molecule has 0 amide bonds. The number of nitriles is 1. The van der Waals surface area contributed by atoms with E-state index >= 15 is 4.39 Å². The minimum atomic E-state index is -0.808. The summed E-state index contributed by atoms with van der Waals surface area (Å²) in [4.78, 5) is 4.36. The number of halogens is 2. The van der Waals surface area contributed by atoms with Crippen LogP contribution in [-0.2, 0) is 0 Å². The summed E-state index contributed by atoms with van der Waals surface area (Å²) in [5.41, 5.74) is 6.23. The van der Waals surface area contributed by atoms with Crippen LogP contribution in [0.1, 0.15) is 31.4 Å². The molecule has 0 bridgehead atoms. The second-order valence-corrected chi connectivity index (χ2v) is 8.40. The fourth-order valence-corrected chi connectivity index (χ4v) is 4.31. The lowest BCUT2D eigenvalue weighted by Crippen LogP contribution is -2.42. The standard InChI is InChI=1S/C24H19F2N5O/c1-24(32)10-14(11-24)31-23(28)17(12-27)22(30-31)16-8-6-13-7-9-19(29-21(13)20(16)26)15-4-2-3-5-18(15)25/h2-9,14,32H,10-11,28H2,1H3. The minimum absolute atomic E-state index is 0.0480. The normalized spacial score (nSPS) is 20.2. The molecule has 0 atom stereocenters. The van der Waals surface area contributed by atoms with Gasteiger partial charge in [0.2, 0.25) is 0 Å². The Balaban J connectivity index is 1.65. The lowest BCUT2D eigenvalue weighted by Gasteiger charge is -2.41. The highest BCUT2D eigenvalue weighted by atomic mass is 19.1. The van der Waals surface area contributed by atoms with Crippen LogP contribution in [0.4, 0.5) is 14.6 Å². The van der Waals surface area contributed by atoms with Gasteiger partial charge in [0.1, 0.15) is 34.5 Å². The molecule has 0 saturated heterocycles. The van der Waals surface area contributed by atoms with Gasteiger partial charge in [-0.15, -0.1) is 0 Å². The van der Waals surface area contributed by atoms with Gasteiger partial charge in [-0.1, -0.05) is 24.3 Å². The molecule has 1 saturated carbocycles. The maximum absolute atomic E-state index is 15.6. The molecule has 1 aliphatic carbocycles. The molecular formula is C24H19F2N5O. The molecule has 2 heterocycles. The molecule has 1 aliphatic rings. The third kappa shape index (κ3) is 3.10. The zero-order valence-electron chi connectivity index (χ0n) is 17.2. The first kappa shape index (κ1) is 20.1. The van der Waals surface area contributed by atoms with Crippen LogP contribution in [-0.4, -0.2) is 25.5 Å². The summed E-state index contributed by atoms with van der Waals surface area (Å²) >= 11 is 0. The van der Waals surface area contributed by atoms with Crippen molar-refractivity contribution < 1.29 is 13.9 Å². The Kier molecular flexibility index (Phi) is 4.46. The number of nitrogen functional groups attached to an aromatic ring is 1. The molecule has 0 unspecified atom stereocenters. The molecule has 0 aliphatic heterocycles. The highest BCUT2D eigenvalue weighted by Crippen LogP contribution is 2.43. The zero-order chi connectivity index (χ0) is 22.6. The first-order chi connectivity index (χ1) is 15.3. The highest BCUT2D eigenvalue weighted by molar-refractivity contribution is 5.88. The van der Waals surface area contributed by atoms with Crippen molar-refractivity contribution in [2.45, 2.75) is 31.4 Å². The molecule has 1 fully saturated rings. The predicted octanol–water partition coefficient (Wildman–Crippen LogP) is 4.58. The molecule has 160 valence electrons. The van der Waals surface area contributed by atoms with E-state index in [9.17, 15) is 14.8 Å². The first-order valence-corrected chi connectivity index (χ1v) is 10.1. The van der Waals surface area contributed by atoms with Crippen molar-refractivity contribution in [2.24, 2.45) is 0 Å². The number of aliphatic hydroxyl groups is 1. The quantitative estimate of drug-likeness (QED) is 0.494. The minimum Gasteiger partial charge on any atom is -0.390 e. The van der Waals surface area contributed by atoms with Gasteiger partial charge < -0.3 is 10.8 Å². The van der Waals surface area contributed by atoms with Crippen LogP contribution in [0.5, 0.6) is 0 Å². The molecule has 5 rings (SSSR count). The Bertz CT molecular complexity index is 1410. The number of nitrogens with two attached hydrogens (primary N) is 1. The van der Waals surface area contributed by atoms with Crippen molar-refractivity contribution >= 4 is 16.7 Å². The van der Waals surface area contributed by atoms with Gasteiger partial charge in [0.25, 0.3) is 0 Å². The summed E-state index contributed by atoms with van der Waals surface area (Å²) < 4.78 is 31.3. The maximum atomic E-state index is 15.6. The topological polar surface area (TPSA) is 101 Å². The molecule has 2 aromatic carbocycles. The summed E-state index contributed by atoms with van der Waals surface area (Å²) in [7, 11) is 0. The van der Waals surface area contributed by atoms with Crippen molar-refractivity contribution in [1.29, 1.82) is 5.26 Å². The van der Waals surface area contributed by atoms with Gasteiger partial charge in [-0.3, -0.25) is 0 Å². The Labute approximate surface area is 182 Å². The van der Waals surface area contributed by atoms with Crippen molar-refractivity contribution in [3.8, 4) is 28.6 Å². The fraction of sp³-hybridized carbons (Fsp3) is 0.208. The van der Waals surface area contributed by atoms with E-state index in [2.05, 4.69) is 10.1 Å². The molecule has 6 nitrogen and oxygen atoms in total. The number of hydrogen-bond acceptors (Lipinski definition) is 5. The van der Waals surface area contributed by atoms with Crippen LogP contribution in [0.2, 0.25) is 0 Å². The summed E-state index contributed by atoms with van der Waals surface area (Å²) in [5, 5.41) is 24.7. The van der Waals surface area contributed by atoms with Crippen LogP contribution in [0, 0.1) is 23.0 Å². The lowest BCUT2D eigenvalue weighted by atomic mass is 9.77. The van der Waals surface area contributed by atoms with Gasteiger partial charge in [-0.2, -0.15) is 10.4 Å². The number of hydrogen-bond donors (Lipinski definition) is 2. The molecule has 8 heteroatoms. The lowest BCUT2D eigenvalue weighted by molar-refractivity contribution is -0.0535. The predicted molar refractivity (Wildman–Crippen MR) is 116 cm³/mol. The number of anilines is 1. The fourth-order valence-electron chi connectivity index (χ4n) is 4.31. The second-order valence-electron chi connectivity index (χ2n) is 8.40. The van der Waals surface area contributed by atoms with Crippen LogP contribution < -0.4 is 5.73 Å². The van der Waals surface area contributed by atoms with Gasteiger partial charge in [-0.25, -0.2) is 18.4 Å². The Morgan fingerprint density at radius 2 is 1.84 bits per heavy atom. The van der Waals surface area contributed by atoms with Crippen molar-refractivity contribution in [3.63, 3.8) is 0 Å². The molecule has 2 aromatic heterocycles. The molecule has 0 radical (unpaired) electrons. The Morgan fingerprint density at radius 1 is 1.12 bits per heavy atom. The summed E-state index contributed by atoms with van der Waals surface area (Å²) in [5.74, 6) is -0.983. The zero-order valence-corrected chi connectivity index (χ0v) is 17.2. The average Bonchev–Trinajstić information content (AvgIpc) is 3.08. The van der Waals surface area contributed by atoms with Crippen LogP contribution in [0.25, 0.3) is 33.4 Å². The number of pyridine rings is 1. The SMILES string of the molecule is CC1(O)CC(n2nc(-c3ccc4ccc(-c5ccccc5F)nc4c3F)c(C#N)c2N)C1. The van der Waals surface area contributed by atoms with E-state index in [4.69, 9.17) is 5.73 Å². The Morgan fingerprint density at radius 3 is 2.53 bits per heavy atom. The van der Waals surface area contributed by atoms with Gasteiger partial charge in [0.05, 0.1) is 17.3 Å². The van der Waals surface area contributed by atoms with Crippen LogP contribution in [0.15, 0.2) is 48.5 Å². The van der Waals surface area contributed by atoms with Gasteiger partial charge in [0.15, 0.2) is 5.82 Å². The van der Waals surface area contributed by atoms with Crippen LogP contribution >= 0.6 is 0 Å². The summed E-state index contributed by atoms with van der Waals surface area (Å²) in [6, 6.07) is 14.5. The number of nitrogens with zero attached hydrogens (tertiary/aromatic N) is 4. The number of aromatic nitrogens is 3. The van der Waals surface area contributed by atoms with Crippen molar-refractivity contribution in [2.75, 3.05) is 5.73 Å². The van der Waals surface area contributed by atoms with Crippen molar-refractivity contribution in [1.82, 2.24) is 14.8 Å². The third-order valence-electron chi connectivity index (χ3n) is 5.96. The third-order valence-corrected chi connectivity index (χ3v) is 5.96. The number of benzene rings is 2. The van der Waals surface area contributed by atoms with Gasteiger partial charge in [0, 0.05) is 16.5 Å². The monoisotopic (exact) mass is 431 g/mol. The van der Waals surface area contributed by atoms with Crippen molar-refractivity contribution in [3.05, 3.63) is 65.7 Å². The average molecular weight is 431 g/mol. The summed E-state index contributed by atoms with van der Waals surface area (Å²) in [6.07, 6.45) is 0.883. The largest absolute Gasteiger partial charge is 0.390 e. The number of fused-ring (bicyclic) bond motifs is 1. The first-order valence-electron chi connectivity index (χ1n) is 10.1. The smallest absolute Gasteiger partial charge is 0.158 e. The number of rotatable bonds is 3. The van der Waals surface area contributed by atoms with E-state index in [1.807, 2.05) is 6.07 Å². The van der Waals surface area contributed by atoms with Gasteiger partial charge in [-0.05, 0) is 44.0 Å². The Hall–Kier alpha value is -3.83. The highest BCUT2D eigenvalue weighted by Gasteiger charge is 2.41. The van der Waals surface area contributed by atoms with Gasteiger partial charge >= 0.3 is 0 Å². The molecule has 0 spiro atoms. The van der Waals surface area contributed by atoms with E-state index in [0.717, 1.165) is 0 Å². The molecule has 32 heavy (non-hydrogen) atoms. The van der Waals surface area contributed by atoms with E-state index in [-0.39, 0.29) is 39.8 Å². The van der Waals surface area contributed by atoms with E-state index in [1.165, 1.54) is 16.8 Å².